The molecule has 0 N–H and O–H groups in total. The monoisotopic (exact) mass is 242 g/mol. The van der Waals surface area contributed by atoms with Crippen LogP contribution < -0.4 is 4.90 Å². The van der Waals surface area contributed by atoms with E-state index in [1.807, 2.05) is 24.3 Å². The first kappa shape index (κ1) is 13.0. The SMILES string of the molecule is CN(CCC1CCCCC1)c1ccccc1C#N. The van der Waals surface area contributed by atoms with Gasteiger partial charge in [-0.1, -0.05) is 44.2 Å². The average molecular weight is 242 g/mol. The third-order valence-electron chi connectivity index (χ3n) is 4.03. The lowest BCUT2D eigenvalue weighted by atomic mass is 9.87. The summed E-state index contributed by atoms with van der Waals surface area (Å²) in [4.78, 5) is 2.23. The molecule has 1 saturated carbocycles. The van der Waals surface area contributed by atoms with Crippen molar-refractivity contribution in [3.63, 3.8) is 0 Å². The van der Waals surface area contributed by atoms with Crippen LogP contribution in [0.5, 0.6) is 0 Å². The van der Waals surface area contributed by atoms with Gasteiger partial charge in [-0.3, -0.25) is 0 Å². The fourth-order valence-corrected chi connectivity index (χ4v) is 2.87. The van der Waals surface area contributed by atoms with Gasteiger partial charge < -0.3 is 4.90 Å². The second kappa shape index (κ2) is 6.44. The molecule has 96 valence electrons. The van der Waals surface area contributed by atoms with Crippen molar-refractivity contribution in [2.75, 3.05) is 18.5 Å². The van der Waals surface area contributed by atoms with Crippen LogP contribution in [0.3, 0.4) is 0 Å². The number of hydrogen-bond donors (Lipinski definition) is 0. The highest BCUT2D eigenvalue weighted by atomic mass is 15.1. The summed E-state index contributed by atoms with van der Waals surface area (Å²) in [5, 5.41) is 9.11. The van der Waals surface area contributed by atoms with E-state index < -0.39 is 0 Å². The molecule has 1 fully saturated rings. The summed E-state index contributed by atoms with van der Waals surface area (Å²) in [6, 6.07) is 10.1. The summed E-state index contributed by atoms with van der Waals surface area (Å²) in [6.45, 7) is 1.06. The van der Waals surface area contributed by atoms with E-state index >= 15 is 0 Å². The molecule has 0 bridgehead atoms. The Kier molecular flexibility index (Phi) is 4.64. The molecule has 0 spiro atoms. The van der Waals surface area contributed by atoms with E-state index in [4.69, 9.17) is 5.26 Å². The zero-order chi connectivity index (χ0) is 12.8. The minimum Gasteiger partial charge on any atom is -0.374 e. The third kappa shape index (κ3) is 3.26. The van der Waals surface area contributed by atoms with E-state index in [1.165, 1.54) is 38.5 Å². The third-order valence-corrected chi connectivity index (χ3v) is 4.03. The zero-order valence-corrected chi connectivity index (χ0v) is 11.2. The van der Waals surface area contributed by atoms with Crippen molar-refractivity contribution in [1.82, 2.24) is 0 Å². The van der Waals surface area contributed by atoms with Crippen LogP contribution in [0.4, 0.5) is 5.69 Å². The van der Waals surface area contributed by atoms with Crippen LogP contribution in [0.15, 0.2) is 24.3 Å². The van der Waals surface area contributed by atoms with E-state index in [1.54, 1.807) is 0 Å². The van der Waals surface area contributed by atoms with E-state index in [9.17, 15) is 0 Å². The number of rotatable bonds is 4. The smallest absolute Gasteiger partial charge is 0.101 e. The molecule has 18 heavy (non-hydrogen) atoms. The quantitative estimate of drug-likeness (QED) is 0.799. The van der Waals surface area contributed by atoms with Crippen molar-refractivity contribution in [2.45, 2.75) is 38.5 Å². The number of anilines is 1. The van der Waals surface area contributed by atoms with Crippen molar-refractivity contribution in [3.8, 4) is 6.07 Å². The molecular weight excluding hydrogens is 220 g/mol. The summed E-state index contributed by atoms with van der Waals surface area (Å²) in [5.41, 5.74) is 1.85. The maximum atomic E-state index is 9.11. The predicted octanol–water partition coefficient (Wildman–Crippen LogP) is 3.96. The van der Waals surface area contributed by atoms with Gasteiger partial charge in [0.25, 0.3) is 0 Å². The van der Waals surface area contributed by atoms with Gasteiger partial charge in [0.05, 0.1) is 11.3 Å². The lowest BCUT2D eigenvalue weighted by Crippen LogP contribution is -2.22. The van der Waals surface area contributed by atoms with Gasteiger partial charge in [-0.05, 0) is 24.5 Å². The Labute approximate surface area is 110 Å². The Morgan fingerprint density at radius 3 is 2.67 bits per heavy atom. The molecule has 0 unspecified atom stereocenters. The van der Waals surface area contributed by atoms with Crippen LogP contribution >= 0.6 is 0 Å². The van der Waals surface area contributed by atoms with Crippen molar-refractivity contribution in [1.29, 1.82) is 5.26 Å². The molecular formula is C16H22N2. The van der Waals surface area contributed by atoms with E-state index in [-0.39, 0.29) is 0 Å². The van der Waals surface area contributed by atoms with E-state index in [0.717, 1.165) is 23.7 Å². The van der Waals surface area contributed by atoms with Gasteiger partial charge in [-0.2, -0.15) is 5.26 Å². The molecule has 1 aromatic rings. The molecule has 0 aromatic heterocycles. The second-order valence-electron chi connectivity index (χ2n) is 5.34. The normalized spacial score (nSPS) is 16.2. The van der Waals surface area contributed by atoms with Gasteiger partial charge in [0.2, 0.25) is 0 Å². The molecule has 0 radical (unpaired) electrons. The van der Waals surface area contributed by atoms with Gasteiger partial charge in [-0.25, -0.2) is 0 Å². The van der Waals surface area contributed by atoms with Gasteiger partial charge in [0.15, 0.2) is 0 Å². The average Bonchev–Trinajstić information content (AvgIpc) is 2.45. The predicted molar refractivity (Wildman–Crippen MR) is 75.6 cm³/mol. The van der Waals surface area contributed by atoms with Gasteiger partial charge in [-0.15, -0.1) is 0 Å². The standard InChI is InChI=1S/C16H22N2/c1-18(12-11-14-7-3-2-4-8-14)16-10-6-5-9-15(16)13-17/h5-6,9-10,14H,2-4,7-8,11-12H2,1H3. The molecule has 2 heteroatoms. The first-order valence-corrected chi connectivity index (χ1v) is 7.01. The Morgan fingerprint density at radius 1 is 1.22 bits per heavy atom. The molecule has 2 rings (SSSR count). The van der Waals surface area contributed by atoms with Crippen LogP contribution in [-0.4, -0.2) is 13.6 Å². The summed E-state index contributed by atoms with van der Waals surface area (Å²) in [6.07, 6.45) is 8.29. The first-order valence-electron chi connectivity index (χ1n) is 7.01. The largest absolute Gasteiger partial charge is 0.374 e. The molecule has 0 saturated heterocycles. The molecule has 0 heterocycles. The van der Waals surface area contributed by atoms with Crippen LogP contribution in [0, 0.1) is 17.2 Å². The molecule has 1 aliphatic rings. The Balaban J connectivity index is 1.91. The maximum Gasteiger partial charge on any atom is 0.101 e. The molecule has 0 aliphatic heterocycles. The van der Waals surface area contributed by atoms with Crippen LogP contribution in [0.25, 0.3) is 0 Å². The van der Waals surface area contributed by atoms with Gasteiger partial charge in [0, 0.05) is 13.6 Å². The minimum absolute atomic E-state index is 0.781. The minimum atomic E-state index is 0.781. The Morgan fingerprint density at radius 2 is 1.94 bits per heavy atom. The van der Waals surface area contributed by atoms with Gasteiger partial charge in [0.1, 0.15) is 6.07 Å². The van der Waals surface area contributed by atoms with E-state index in [0.29, 0.717) is 0 Å². The van der Waals surface area contributed by atoms with Crippen molar-refractivity contribution in [2.24, 2.45) is 5.92 Å². The molecule has 1 aliphatic carbocycles. The summed E-state index contributed by atoms with van der Waals surface area (Å²) in [7, 11) is 2.10. The number of benzene rings is 1. The topological polar surface area (TPSA) is 27.0 Å². The first-order chi connectivity index (χ1) is 8.81. The van der Waals surface area contributed by atoms with Crippen LogP contribution in [-0.2, 0) is 0 Å². The summed E-state index contributed by atoms with van der Waals surface area (Å²) in [5.74, 6) is 0.899. The van der Waals surface area contributed by atoms with Crippen LogP contribution in [0.1, 0.15) is 44.1 Å². The highest BCUT2D eigenvalue weighted by molar-refractivity contribution is 5.58. The lowest BCUT2D eigenvalue weighted by Gasteiger charge is -2.26. The fourth-order valence-electron chi connectivity index (χ4n) is 2.87. The highest BCUT2D eigenvalue weighted by Gasteiger charge is 2.14. The fraction of sp³-hybridized carbons (Fsp3) is 0.562. The Bertz CT molecular complexity index is 413. The zero-order valence-electron chi connectivity index (χ0n) is 11.2. The summed E-state index contributed by atoms with van der Waals surface area (Å²) < 4.78 is 0. The van der Waals surface area contributed by atoms with Crippen molar-refractivity contribution in [3.05, 3.63) is 29.8 Å². The molecule has 0 atom stereocenters. The molecule has 2 nitrogen and oxygen atoms in total. The number of para-hydroxylation sites is 1. The number of hydrogen-bond acceptors (Lipinski definition) is 2. The second-order valence-corrected chi connectivity index (χ2v) is 5.34. The van der Waals surface area contributed by atoms with Crippen molar-refractivity contribution < 1.29 is 0 Å². The molecule has 1 aromatic carbocycles. The van der Waals surface area contributed by atoms with Crippen molar-refractivity contribution >= 4 is 5.69 Å². The van der Waals surface area contributed by atoms with Gasteiger partial charge >= 0.3 is 0 Å². The maximum absolute atomic E-state index is 9.11. The molecule has 0 amide bonds. The highest BCUT2D eigenvalue weighted by Crippen LogP contribution is 2.27. The Hall–Kier alpha value is -1.49. The summed E-state index contributed by atoms with van der Waals surface area (Å²) >= 11 is 0. The lowest BCUT2D eigenvalue weighted by molar-refractivity contribution is 0.341. The van der Waals surface area contributed by atoms with Crippen LogP contribution in [0.2, 0.25) is 0 Å². The number of nitriles is 1. The van der Waals surface area contributed by atoms with E-state index in [2.05, 4.69) is 18.0 Å². The number of nitrogens with zero attached hydrogens (tertiary/aromatic N) is 2.